The molecule has 1 heterocycles. The van der Waals surface area contributed by atoms with Crippen molar-refractivity contribution in [1.82, 2.24) is 4.90 Å². The number of amides is 1. The van der Waals surface area contributed by atoms with Gasteiger partial charge in [0.15, 0.2) is 0 Å². The average molecular weight is 209 g/mol. The Morgan fingerprint density at radius 2 is 2.33 bits per heavy atom. The Morgan fingerprint density at radius 3 is 2.87 bits per heavy atom. The quantitative estimate of drug-likeness (QED) is 0.644. The summed E-state index contributed by atoms with van der Waals surface area (Å²) in [5.74, 6) is 2.63. The van der Waals surface area contributed by atoms with E-state index in [9.17, 15) is 4.79 Å². The minimum atomic E-state index is -0.247. The first kappa shape index (κ1) is 12.1. The molecule has 0 aromatic carbocycles. The van der Waals surface area contributed by atoms with Crippen LogP contribution in [0.3, 0.4) is 0 Å². The van der Waals surface area contributed by atoms with E-state index in [1.54, 1.807) is 0 Å². The van der Waals surface area contributed by atoms with Crippen LogP contribution in [0.2, 0.25) is 0 Å². The van der Waals surface area contributed by atoms with Crippen LogP contribution in [0.15, 0.2) is 0 Å². The number of carbonyl (C=O) groups is 1. The van der Waals surface area contributed by atoms with Gasteiger partial charge in [-0.15, -0.1) is 12.3 Å². The Hall–Kier alpha value is -1.01. The van der Waals surface area contributed by atoms with Gasteiger partial charge in [-0.3, -0.25) is 4.79 Å². The van der Waals surface area contributed by atoms with Gasteiger partial charge in [-0.05, 0) is 20.8 Å². The van der Waals surface area contributed by atoms with Crippen LogP contribution in [0, 0.1) is 12.3 Å². The molecule has 1 aliphatic heterocycles. The zero-order valence-corrected chi connectivity index (χ0v) is 9.75. The van der Waals surface area contributed by atoms with E-state index < -0.39 is 0 Å². The van der Waals surface area contributed by atoms with Crippen LogP contribution in [0.1, 0.15) is 33.6 Å². The van der Waals surface area contributed by atoms with Crippen LogP contribution in [0.4, 0.5) is 0 Å². The van der Waals surface area contributed by atoms with Crippen molar-refractivity contribution in [2.45, 2.75) is 45.3 Å². The zero-order chi connectivity index (χ0) is 11.5. The normalized spacial score (nSPS) is 24.7. The highest BCUT2D eigenvalue weighted by atomic mass is 16.5. The fourth-order valence-corrected chi connectivity index (χ4v) is 1.98. The molecule has 0 radical (unpaired) electrons. The number of rotatable bonds is 2. The van der Waals surface area contributed by atoms with Crippen molar-refractivity contribution >= 4 is 5.91 Å². The summed E-state index contributed by atoms with van der Waals surface area (Å²) < 4.78 is 5.72. The van der Waals surface area contributed by atoms with Crippen molar-refractivity contribution in [2.75, 3.05) is 13.1 Å². The molecule has 1 rings (SSSR count). The SMILES string of the molecule is C#CCCC(=O)N1C[C@@H](C)OC(C)(C)C1. The zero-order valence-electron chi connectivity index (χ0n) is 9.75. The first-order valence-electron chi connectivity index (χ1n) is 5.33. The largest absolute Gasteiger partial charge is 0.369 e. The van der Waals surface area contributed by atoms with Crippen LogP contribution >= 0.6 is 0 Å². The maximum absolute atomic E-state index is 11.8. The summed E-state index contributed by atoms with van der Waals surface area (Å²) in [6.07, 6.45) is 6.20. The van der Waals surface area contributed by atoms with Crippen LogP contribution in [0.5, 0.6) is 0 Å². The van der Waals surface area contributed by atoms with E-state index in [0.29, 0.717) is 25.9 Å². The fraction of sp³-hybridized carbons (Fsp3) is 0.750. The molecule has 3 heteroatoms. The highest BCUT2D eigenvalue weighted by Crippen LogP contribution is 2.21. The molecule has 3 nitrogen and oxygen atoms in total. The standard InChI is InChI=1S/C12H19NO2/c1-5-6-7-11(14)13-8-10(2)15-12(3,4)9-13/h1,10H,6-9H2,2-4H3/t10-/m1/s1. The number of hydrogen-bond acceptors (Lipinski definition) is 2. The van der Waals surface area contributed by atoms with Crippen molar-refractivity contribution in [3.05, 3.63) is 0 Å². The second-order valence-corrected chi connectivity index (χ2v) is 4.67. The van der Waals surface area contributed by atoms with E-state index in [1.807, 2.05) is 25.7 Å². The van der Waals surface area contributed by atoms with Crippen molar-refractivity contribution in [1.29, 1.82) is 0 Å². The number of nitrogens with zero attached hydrogens (tertiary/aromatic N) is 1. The molecule has 1 aliphatic rings. The minimum Gasteiger partial charge on any atom is -0.369 e. The van der Waals surface area contributed by atoms with Crippen molar-refractivity contribution in [3.8, 4) is 12.3 Å². The molecular formula is C12H19NO2. The van der Waals surface area contributed by atoms with E-state index >= 15 is 0 Å². The summed E-state index contributed by atoms with van der Waals surface area (Å²) in [6.45, 7) is 7.32. The smallest absolute Gasteiger partial charge is 0.223 e. The summed E-state index contributed by atoms with van der Waals surface area (Å²) in [7, 11) is 0. The van der Waals surface area contributed by atoms with Gasteiger partial charge in [-0.25, -0.2) is 0 Å². The molecule has 1 saturated heterocycles. The van der Waals surface area contributed by atoms with Gasteiger partial charge in [0.05, 0.1) is 11.7 Å². The maximum atomic E-state index is 11.8. The third kappa shape index (κ3) is 3.56. The molecule has 1 atom stereocenters. The molecule has 0 aromatic rings. The summed E-state index contributed by atoms with van der Waals surface area (Å²) in [6, 6.07) is 0. The van der Waals surface area contributed by atoms with Gasteiger partial charge in [-0.2, -0.15) is 0 Å². The van der Waals surface area contributed by atoms with Crippen molar-refractivity contribution < 1.29 is 9.53 Å². The van der Waals surface area contributed by atoms with Gasteiger partial charge in [-0.1, -0.05) is 0 Å². The van der Waals surface area contributed by atoms with Crippen LogP contribution < -0.4 is 0 Å². The highest BCUT2D eigenvalue weighted by Gasteiger charge is 2.33. The summed E-state index contributed by atoms with van der Waals surface area (Å²) in [5, 5.41) is 0. The molecule has 0 unspecified atom stereocenters. The number of morpholine rings is 1. The molecule has 15 heavy (non-hydrogen) atoms. The predicted molar refractivity (Wildman–Crippen MR) is 59.3 cm³/mol. The molecule has 0 aliphatic carbocycles. The molecular weight excluding hydrogens is 190 g/mol. The number of hydrogen-bond donors (Lipinski definition) is 0. The van der Waals surface area contributed by atoms with Crippen LogP contribution in [0.25, 0.3) is 0 Å². The second-order valence-electron chi connectivity index (χ2n) is 4.67. The topological polar surface area (TPSA) is 29.5 Å². The Kier molecular flexibility index (Phi) is 3.76. The third-order valence-electron chi connectivity index (χ3n) is 2.41. The van der Waals surface area contributed by atoms with Crippen LogP contribution in [-0.2, 0) is 9.53 Å². The Balaban J connectivity index is 2.55. The molecule has 84 valence electrons. The van der Waals surface area contributed by atoms with Gasteiger partial charge in [0.2, 0.25) is 5.91 Å². The maximum Gasteiger partial charge on any atom is 0.223 e. The minimum absolute atomic E-state index is 0.100. The Labute approximate surface area is 91.8 Å². The van der Waals surface area contributed by atoms with E-state index in [1.165, 1.54) is 0 Å². The third-order valence-corrected chi connectivity index (χ3v) is 2.41. The van der Waals surface area contributed by atoms with Gasteiger partial charge >= 0.3 is 0 Å². The number of ether oxygens (including phenoxy) is 1. The molecule has 0 aromatic heterocycles. The Morgan fingerprint density at radius 1 is 1.67 bits per heavy atom. The molecule has 0 bridgehead atoms. The van der Waals surface area contributed by atoms with E-state index in [2.05, 4.69) is 5.92 Å². The molecule has 1 amide bonds. The lowest BCUT2D eigenvalue weighted by Crippen LogP contribution is -2.53. The second kappa shape index (κ2) is 4.67. The van der Waals surface area contributed by atoms with Gasteiger partial charge in [0.25, 0.3) is 0 Å². The first-order chi connectivity index (χ1) is 6.94. The van der Waals surface area contributed by atoms with Gasteiger partial charge in [0, 0.05) is 25.9 Å². The van der Waals surface area contributed by atoms with Crippen molar-refractivity contribution in [2.24, 2.45) is 0 Å². The summed E-state index contributed by atoms with van der Waals surface area (Å²) in [5.41, 5.74) is -0.247. The molecule has 0 saturated carbocycles. The monoisotopic (exact) mass is 209 g/mol. The lowest BCUT2D eigenvalue weighted by molar-refractivity contribution is -0.158. The predicted octanol–water partition coefficient (Wildman–Crippen LogP) is 1.43. The Bertz CT molecular complexity index is 278. The average Bonchev–Trinajstić information content (AvgIpc) is 2.10. The highest BCUT2D eigenvalue weighted by molar-refractivity contribution is 5.76. The number of carbonyl (C=O) groups excluding carboxylic acids is 1. The van der Waals surface area contributed by atoms with Crippen molar-refractivity contribution in [3.63, 3.8) is 0 Å². The van der Waals surface area contributed by atoms with E-state index in [0.717, 1.165) is 0 Å². The van der Waals surface area contributed by atoms with E-state index in [-0.39, 0.29) is 17.6 Å². The lowest BCUT2D eigenvalue weighted by atomic mass is 10.1. The molecule has 1 fully saturated rings. The van der Waals surface area contributed by atoms with Gasteiger partial charge in [0.1, 0.15) is 0 Å². The van der Waals surface area contributed by atoms with Crippen LogP contribution in [-0.4, -0.2) is 35.6 Å². The van der Waals surface area contributed by atoms with Gasteiger partial charge < -0.3 is 9.64 Å². The first-order valence-corrected chi connectivity index (χ1v) is 5.33. The molecule has 0 spiro atoms. The van der Waals surface area contributed by atoms with E-state index in [4.69, 9.17) is 11.2 Å². The lowest BCUT2D eigenvalue weighted by Gasteiger charge is -2.41. The molecule has 0 N–H and O–H groups in total. The summed E-state index contributed by atoms with van der Waals surface area (Å²) >= 11 is 0. The number of terminal acetylenes is 1. The fourth-order valence-electron chi connectivity index (χ4n) is 1.98. The summed E-state index contributed by atoms with van der Waals surface area (Å²) in [4.78, 5) is 13.6.